The van der Waals surface area contributed by atoms with Gasteiger partial charge in [0.25, 0.3) is 10.1 Å². The van der Waals surface area contributed by atoms with Gasteiger partial charge in [0.05, 0.1) is 11.7 Å². The van der Waals surface area contributed by atoms with Gasteiger partial charge in [-0.05, 0) is 29.8 Å². The van der Waals surface area contributed by atoms with Crippen molar-refractivity contribution in [1.29, 1.82) is 0 Å². The maximum Gasteiger partial charge on any atom is 0.433 e. The van der Waals surface area contributed by atoms with Crippen LogP contribution in [0.15, 0.2) is 66.7 Å². The summed E-state index contributed by atoms with van der Waals surface area (Å²) in [4.78, 5) is 18.2. The number of halogens is 3. The van der Waals surface area contributed by atoms with Crippen LogP contribution in [0, 0.1) is 0 Å². The van der Waals surface area contributed by atoms with Crippen LogP contribution in [0.4, 0.5) is 30.4 Å². The molecule has 186 valence electrons. The van der Waals surface area contributed by atoms with E-state index in [1.165, 1.54) is 30.1 Å². The number of nitrogen functional groups attached to an aromatic ring is 1. The number of anilines is 3. The molecule has 0 bridgehead atoms. The van der Waals surface area contributed by atoms with Gasteiger partial charge in [-0.25, -0.2) is 4.98 Å². The molecule has 0 saturated heterocycles. The molecule has 1 heterocycles. The highest BCUT2D eigenvalue weighted by Gasteiger charge is 2.34. The van der Waals surface area contributed by atoms with Crippen LogP contribution in [0.3, 0.4) is 0 Å². The molecule has 1 atom stereocenters. The third-order valence-electron chi connectivity index (χ3n) is 5.23. The molecule has 35 heavy (non-hydrogen) atoms. The molecule has 1 amide bonds. The SMILES string of the molecule is CN(c1ccccc1)c1nc(C(F)(F)F)ccc1CNC(=O)C(CS(=O)(=O)O)c1ccccc1N. The fourth-order valence-corrected chi connectivity index (χ4v) is 4.24. The van der Waals surface area contributed by atoms with E-state index in [2.05, 4.69) is 10.3 Å². The van der Waals surface area contributed by atoms with Crippen LogP contribution in [0.1, 0.15) is 22.7 Å². The minimum atomic E-state index is -4.68. The van der Waals surface area contributed by atoms with Crippen LogP contribution in [-0.2, 0) is 27.6 Å². The molecule has 3 aromatic rings. The summed E-state index contributed by atoms with van der Waals surface area (Å²) in [7, 11) is -3.02. The van der Waals surface area contributed by atoms with Gasteiger partial charge in [0.1, 0.15) is 11.5 Å². The molecule has 0 aliphatic rings. The van der Waals surface area contributed by atoms with Gasteiger partial charge in [-0.15, -0.1) is 0 Å². The molecule has 4 N–H and O–H groups in total. The Hall–Kier alpha value is -3.64. The first-order valence-electron chi connectivity index (χ1n) is 10.3. The highest BCUT2D eigenvalue weighted by molar-refractivity contribution is 7.85. The summed E-state index contributed by atoms with van der Waals surface area (Å²) in [6, 6.07) is 16.6. The lowest BCUT2D eigenvalue weighted by atomic mass is 9.98. The molecule has 8 nitrogen and oxygen atoms in total. The predicted octanol–water partition coefficient (Wildman–Crippen LogP) is 3.74. The van der Waals surface area contributed by atoms with Crippen molar-refractivity contribution < 1.29 is 30.9 Å². The number of benzene rings is 2. The van der Waals surface area contributed by atoms with Crippen molar-refractivity contribution in [3.63, 3.8) is 0 Å². The van der Waals surface area contributed by atoms with Crippen LogP contribution in [-0.4, -0.2) is 36.7 Å². The van der Waals surface area contributed by atoms with E-state index in [1.54, 1.807) is 42.5 Å². The smallest absolute Gasteiger partial charge is 0.398 e. The Balaban J connectivity index is 1.93. The van der Waals surface area contributed by atoms with E-state index in [0.29, 0.717) is 5.69 Å². The number of carbonyl (C=O) groups is 1. The van der Waals surface area contributed by atoms with Crippen LogP contribution < -0.4 is 16.0 Å². The standard InChI is InChI=1S/C23H23F3N4O4S/c1-30(16-7-3-2-4-8-16)21-15(11-12-20(29-21)23(24,25)26)13-28-22(31)18(14-35(32,33)34)17-9-5-6-10-19(17)27/h2-12,18H,13-14,27H2,1H3,(H,28,31)(H,32,33,34). The van der Waals surface area contributed by atoms with Crippen molar-refractivity contribution in [3.8, 4) is 0 Å². The molecule has 2 aromatic carbocycles. The number of nitrogens with zero attached hydrogens (tertiary/aromatic N) is 2. The summed E-state index contributed by atoms with van der Waals surface area (Å²) in [5.74, 6) is -3.09. The maximum absolute atomic E-state index is 13.3. The van der Waals surface area contributed by atoms with Crippen molar-refractivity contribution in [3.05, 3.63) is 83.6 Å². The normalized spacial score (nSPS) is 12.7. The molecular formula is C23H23F3N4O4S. The zero-order valence-corrected chi connectivity index (χ0v) is 19.3. The fourth-order valence-electron chi connectivity index (χ4n) is 3.49. The van der Waals surface area contributed by atoms with Crippen molar-refractivity contribution in [1.82, 2.24) is 10.3 Å². The maximum atomic E-state index is 13.3. The molecule has 0 aliphatic heterocycles. The van der Waals surface area contributed by atoms with Gasteiger partial charge < -0.3 is 16.0 Å². The van der Waals surface area contributed by atoms with Crippen molar-refractivity contribution in [2.24, 2.45) is 0 Å². The summed E-state index contributed by atoms with van der Waals surface area (Å²) in [6.45, 7) is -0.259. The number of nitrogens with one attached hydrogen (secondary N) is 1. The first-order valence-corrected chi connectivity index (χ1v) is 11.9. The largest absolute Gasteiger partial charge is 0.433 e. The van der Waals surface area contributed by atoms with E-state index in [0.717, 1.165) is 6.07 Å². The van der Waals surface area contributed by atoms with Crippen molar-refractivity contribution in [2.75, 3.05) is 23.4 Å². The molecular weight excluding hydrogens is 485 g/mol. The van der Waals surface area contributed by atoms with Crippen LogP contribution >= 0.6 is 0 Å². The quantitative estimate of drug-likeness (QED) is 0.313. The Bertz CT molecular complexity index is 1300. The summed E-state index contributed by atoms with van der Waals surface area (Å²) < 4.78 is 72.4. The third-order valence-corrected chi connectivity index (χ3v) is 5.98. The van der Waals surface area contributed by atoms with E-state index in [1.807, 2.05) is 0 Å². The van der Waals surface area contributed by atoms with Crippen molar-refractivity contribution >= 4 is 33.2 Å². The summed E-state index contributed by atoms with van der Waals surface area (Å²) in [5.41, 5.74) is 5.94. The number of nitrogens with two attached hydrogens (primary N) is 1. The second kappa shape index (κ2) is 10.3. The molecule has 1 unspecified atom stereocenters. The Morgan fingerprint density at radius 3 is 2.31 bits per heavy atom. The zero-order valence-electron chi connectivity index (χ0n) is 18.5. The molecule has 0 saturated carbocycles. The van der Waals surface area contributed by atoms with E-state index in [-0.39, 0.29) is 29.2 Å². The fraction of sp³-hybridized carbons (Fsp3) is 0.217. The minimum absolute atomic E-state index is 0.0446. The Kier molecular flexibility index (Phi) is 7.66. The van der Waals surface area contributed by atoms with Gasteiger partial charge >= 0.3 is 6.18 Å². The molecule has 1 aromatic heterocycles. The number of rotatable bonds is 8. The number of para-hydroxylation sites is 2. The van der Waals surface area contributed by atoms with Gasteiger partial charge in [-0.3, -0.25) is 9.35 Å². The lowest BCUT2D eigenvalue weighted by Crippen LogP contribution is -2.33. The molecule has 12 heteroatoms. The average molecular weight is 509 g/mol. The van der Waals surface area contributed by atoms with E-state index >= 15 is 0 Å². The van der Waals surface area contributed by atoms with Gasteiger partial charge in [-0.2, -0.15) is 21.6 Å². The minimum Gasteiger partial charge on any atom is -0.398 e. The third kappa shape index (κ3) is 6.70. The van der Waals surface area contributed by atoms with E-state index < -0.39 is 39.6 Å². The number of hydrogen-bond acceptors (Lipinski definition) is 6. The molecule has 0 fully saturated rings. The van der Waals surface area contributed by atoms with Gasteiger partial charge in [0.2, 0.25) is 5.91 Å². The number of carbonyl (C=O) groups excluding carboxylic acids is 1. The van der Waals surface area contributed by atoms with Gasteiger partial charge in [0, 0.05) is 30.5 Å². The summed E-state index contributed by atoms with van der Waals surface area (Å²) in [5, 5.41) is 2.53. The molecule has 0 spiro atoms. The van der Waals surface area contributed by atoms with Crippen LogP contribution in [0.5, 0.6) is 0 Å². The highest BCUT2D eigenvalue weighted by Crippen LogP contribution is 2.32. The highest BCUT2D eigenvalue weighted by atomic mass is 32.2. The van der Waals surface area contributed by atoms with Gasteiger partial charge in [0.15, 0.2) is 0 Å². The Labute approximate surface area is 200 Å². The summed E-state index contributed by atoms with van der Waals surface area (Å²) in [6.07, 6.45) is -4.68. The predicted molar refractivity (Wildman–Crippen MR) is 126 cm³/mol. The van der Waals surface area contributed by atoms with Crippen LogP contribution in [0.2, 0.25) is 0 Å². The molecule has 0 radical (unpaired) electrons. The van der Waals surface area contributed by atoms with Gasteiger partial charge in [-0.1, -0.05) is 42.5 Å². The second-order valence-electron chi connectivity index (χ2n) is 7.72. The Morgan fingerprint density at radius 2 is 1.71 bits per heavy atom. The first kappa shape index (κ1) is 26.0. The number of aromatic nitrogens is 1. The lowest BCUT2D eigenvalue weighted by molar-refractivity contribution is -0.141. The second-order valence-corrected chi connectivity index (χ2v) is 9.22. The molecule has 0 aliphatic carbocycles. The zero-order chi connectivity index (χ0) is 25.8. The summed E-state index contributed by atoms with van der Waals surface area (Å²) >= 11 is 0. The topological polar surface area (TPSA) is 126 Å². The monoisotopic (exact) mass is 508 g/mol. The molecule has 3 rings (SSSR count). The lowest BCUT2D eigenvalue weighted by Gasteiger charge is -2.23. The van der Waals surface area contributed by atoms with E-state index in [4.69, 9.17) is 5.73 Å². The number of hydrogen-bond donors (Lipinski definition) is 3. The van der Waals surface area contributed by atoms with Crippen LogP contribution in [0.25, 0.3) is 0 Å². The average Bonchev–Trinajstić information content (AvgIpc) is 2.80. The number of amides is 1. The number of pyridine rings is 1. The number of alkyl halides is 3. The first-order chi connectivity index (χ1) is 16.4. The van der Waals surface area contributed by atoms with Crippen molar-refractivity contribution in [2.45, 2.75) is 18.6 Å². The van der Waals surface area contributed by atoms with E-state index in [9.17, 15) is 30.9 Å². The Morgan fingerprint density at radius 1 is 1.09 bits per heavy atom.